The fraction of sp³-hybridized carbons (Fsp3) is 0.667. The van der Waals surface area contributed by atoms with Crippen LogP contribution in [0.4, 0.5) is 0 Å². The first-order chi connectivity index (χ1) is 10.1. The number of aryl methyl sites for hydroxylation is 1. The Bertz CT molecular complexity index is 537. The molecule has 21 heavy (non-hydrogen) atoms. The fourth-order valence-corrected chi connectivity index (χ4v) is 4.52. The first-order valence-corrected chi connectivity index (χ1v) is 9.45. The average Bonchev–Trinajstić information content (AvgIpc) is 3.05. The Morgan fingerprint density at radius 3 is 2.62 bits per heavy atom. The summed E-state index contributed by atoms with van der Waals surface area (Å²) in [6.07, 6.45) is 8.29. The van der Waals surface area contributed by atoms with Crippen molar-refractivity contribution in [3.63, 3.8) is 0 Å². The largest absolute Gasteiger partial charge is 0.356 e. The van der Waals surface area contributed by atoms with E-state index in [1.807, 2.05) is 24.5 Å². The summed E-state index contributed by atoms with van der Waals surface area (Å²) in [5.74, 6) is 0.643. The Morgan fingerprint density at radius 2 is 1.95 bits per heavy atom. The summed E-state index contributed by atoms with van der Waals surface area (Å²) in [6.45, 7) is 1.50. The van der Waals surface area contributed by atoms with Crippen molar-refractivity contribution in [3.8, 4) is 0 Å². The second kappa shape index (κ2) is 7.64. The van der Waals surface area contributed by atoms with E-state index in [1.54, 1.807) is 0 Å². The highest BCUT2D eigenvalue weighted by Gasteiger charge is 2.27. The van der Waals surface area contributed by atoms with Crippen molar-refractivity contribution in [1.29, 1.82) is 0 Å². The van der Waals surface area contributed by atoms with E-state index in [0.29, 0.717) is 19.4 Å². The lowest BCUT2D eigenvalue weighted by Crippen LogP contribution is -2.29. The van der Waals surface area contributed by atoms with Crippen LogP contribution in [0.25, 0.3) is 0 Å². The van der Waals surface area contributed by atoms with Gasteiger partial charge in [-0.2, -0.15) is 0 Å². The lowest BCUT2D eigenvalue weighted by atomic mass is 10.1. The van der Waals surface area contributed by atoms with Gasteiger partial charge in [-0.3, -0.25) is 4.79 Å². The van der Waals surface area contributed by atoms with Crippen LogP contribution < -0.4 is 5.32 Å². The van der Waals surface area contributed by atoms with E-state index in [1.165, 1.54) is 0 Å². The van der Waals surface area contributed by atoms with Gasteiger partial charge >= 0.3 is 0 Å². The molecule has 0 aromatic carbocycles. The molecule has 118 valence electrons. The van der Waals surface area contributed by atoms with Gasteiger partial charge in [-0.15, -0.1) is 0 Å². The Morgan fingerprint density at radius 1 is 1.19 bits per heavy atom. The van der Waals surface area contributed by atoms with Crippen molar-refractivity contribution in [3.05, 3.63) is 24.5 Å². The molecule has 0 bridgehead atoms. The van der Waals surface area contributed by atoms with Crippen LogP contribution in [0.2, 0.25) is 0 Å². The van der Waals surface area contributed by atoms with Gasteiger partial charge < -0.3 is 9.88 Å². The molecule has 5 nitrogen and oxygen atoms in total. The Kier molecular flexibility index (Phi) is 5.85. The van der Waals surface area contributed by atoms with Gasteiger partial charge in [0.25, 0.3) is 0 Å². The maximum atomic E-state index is 11.7. The molecule has 1 aromatic heterocycles. The van der Waals surface area contributed by atoms with E-state index in [9.17, 15) is 13.2 Å². The number of amides is 1. The molecule has 2 rings (SSSR count). The number of hydrogen-bond donors (Lipinski definition) is 1. The summed E-state index contributed by atoms with van der Waals surface area (Å²) in [6, 6.07) is 4.02. The minimum atomic E-state index is -2.84. The topological polar surface area (TPSA) is 68.2 Å². The molecule has 1 fully saturated rings. The van der Waals surface area contributed by atoms with Crippen LogP contribution in [0.3, 0.4) is 0 Å². The summed E-state index contributed by atoms with van der Waals surface area (Å²) in [7, 11) is -2.84. The zero-order valence-electron chi connectivity index (χ0n) is 12.3. The highest BCUT2D eigenvalue weighted by molar-refractivity contribution is 7.91. The van der Waals surface area contributed by atoms with Gasteiger partial charge in [0.05, 0.1) is 11.5 Å². The molecular weight excluding hydrogens is 288 g/mol. The molecule has 0 saturated carbocycles. The van der Waals surface area contributed by atoms with E-state index in [0.717, 1.165) is 25.8 Å². The molecule has 1 amide bonds. The average molecular weight is 312 g/mol. The zero-order chi connectivity index (χ0) is 15.1. The molecule has 2 heterocycles. The summed E-state index contributed by atoms with van der Waals surface area (Å²) in [5, 5.41) is 2.86. The minimum Gasteiger partial charge on any atom is -0.356 e. The van der Waals surface area contributed by atoms with E-state index < -0.39 is 9.84 Å². The van der Waals surface area contributed by atoms with Crippen molar-refractivity contribution < 1.29 is 13.2 Å². The Hall–Kier alpha value is -1.30. The number of nitrogens with one attached hydrogen (secondary N) is 1. The molecule has 1 saturated heterocycles. The number of hydrogen-bond acceptors (Lipinski definition) is 3. The highest BCUT2D eigenvalue weighted by atomic mass is 32.2. The van der Waals surface area contributed by atoms with Crippen LogP contribution in [0.1, 0.15) is 32.1 Å². The second-order valence-corrected chi connectivity index (χ2v) is 8.03. The number of carbonyl (C=O) groups excluding carboxylic acids is 1. The minimum absolute atomic E-state index is 0.0419. The van der Waals surface area contributed by atoms with Crippen molar-refractivity contribution in [1.82, 2.24) is 9.88 Å². The quantitative estimate of drug-likeness (QED) is 0.741. The van der Waals surface area contributed by atoms with Crippen molar-refractivity contribution in [2.45, 2.75) is 38.6 Å². The smallest absolute Gasteiger partial charge is 0.220 e. The number of carbonyl (C=O) groups is 1. The van der Waals surface area contributed by atoms with Gasteiger partial charge in [0, 0.05) is 31.9 Å². The lowest BCUT2D eigenvalue weighted by molar-refractivity contribution is -0.121. The molecule has 1 aliphatic heterocycles. The number of rotatable bonds is 8. The second-order valence-electron chi connectivity index (χ2n) is 5.80. The molecule has 1 N–H and O–H groups in total. The number of unbranched alkanes of at least 4 members (excludes halogenated alkanes) is 2. The molecule has 0 aliphatic carbocycles. The molecule has 1 aliphatic rings. The van der Waals surface area contributed by atoms with Crippen LogP contribution in [-0.2, 0) is 21.2 Å². The highest BCUT2D eigenvalue weighted by Crippen LogP contribution is 2.17. The normalized spacial score (nSPS) is 20.5. The third-order valence-corrected chi connectivity index (χ3v) is 5.74. The van der Waals surface area contributed by atoms with E-state index >= 15 is 0 Å². The van der Waals surface area contributed by atoms with Crippen LogP contribution >= 0.6 is 0 Å². The van der Waals surface area contributed by atoms with E-state index in [4.69, 9.17) is 0 Å². The van der Waals surface area contributed by atoms with Gasteiger partial charge in [-0.25, -0.2) is 8.42 Å². The van der Waals surface area contributed by atoms with Crippen LogP contribution in [0, 0.1) is 5.92 Å². The van der Waals surface area contributed by atoms with Gasteiger partial charge in [-0.1, -0.05) is 6.42 Å². The van der Waals surface area contributed by atoms with Crippen molar-refractivity contribution >= 4 is 15.7 Å². The monoisotopic (exact) mass is 312 g/mol. The van der Waals surface area contributed by atoms with Crippen molar-refractivity contribution in [2.24, 2.45) is 5.92 Å². The molecule has 1 atom stereocenters. The third kappa shape index (κ3) is 5.91. The molecule has 0 unspecified atom stereocenters. The fourth-order valence-electron chi connectivity index (χ4n) is 2.66. The first-order valence-electron chi connectivity index (χ1n) is 7.63. The van der Waals surface area contributed by atoms with Gasteiger partial charge in [0.15, 0.2) is 9.84 Å². The van der Waals surface area contributed by atoms with Crippen LogP contribution in [0.5, 0.6) is 0 Å². The lowest BCUT2D eigenvalue weighted by Gasteiger charge is -2.09. The standard InChI is InChI=1S/C15H24N2O3S/c18-15(16-12-14-7-11-21(19,20)13-14)6-2-1-3-8-17-9-4-5-10-17/h4-5,9-10,14H,1-3,6-8,11-13H2,(H,16,18)/t14-/m0/s1. The SMILES string of the molecule is O=C(CCCCCn1cccc1)NC[C@@H]1CCS(=O)(=O)C1. The zero-order valence-corrected chi connectivity index (χ0v) is 13.1. The summed E-state index contributed by atoms with van der Waals surface area (Å²) >= 11 is 0. The predicted octanol–water partition coefficient (Wildman–Crippen LogP) is 1.60. The maximum Gasteiger partial charge on any atom is 0.220 e. The molecule has 6 heteroatoms. The molecule has 0 spiro atoms. The van der Waals surface area contributed by atoms with Crippen LogP contribution in [-0.4, -0.2) is 36.9 Å². The summed E-state index contributed by atoms with van der Waals surface area (Å²) in [5.41, 5.74) is 0. The van der Waals surface area contributed by atoms with E-state index in [-0.39, 0.29) is 23.3 Å². The maximum absolute atomic E-state index is 11.7. The van der Waals surface area contributed by atoms with E-state index in [2.05, 4.69) is 9.88 Å². The van der Waals surface area contributed by atoms with Gasteiger partial charge in [-0.05, 0) is 37.3 Å². The molecule has 1 aromatic rings. The Balaban J connectivity index is 1.50. The van der Waals surface area contributed by atoms with Gasteiger partial charge in [0.2, 0.25) is 5.91 Å². The predicted molar refractivity (Wildman–Crippen MR) is 82.7 cm³/mol. The first kappa shape index (κ1) is 16.1. The number of aromatic nitrogens is 1. The third-order valence-electron chi connectivity index (χ3n) is 3.90. The van der Waals surface area contributed by atoms with Gasteiger partial charge in [0.1, 0.15) is 0 Å². The summed E-state index contributed by atoms with van der Waals surface area (Å²) in [4.78, 5) is 11.7. The van der Waals surface area contributed by atoms with Crippen molar-refractivity contribution in [2.75, 3.05) is 18.1 Å². The number of nitrogens with zero attached hydrogens (tertiary/aromatic N) is 1. The molecular formula is C15H24N2O3S. The summed E-state index contributed by atoms with van der Waals surface area (Å²) < 4.78 is 24.8. The molecule has 0 radical (unpaired) electrons. The Labute approximate surface area is 126 Å². The number of sulfone groups is 1. The van der Waals surface area contributed by atoms with Crippen LogP contribution in [0.15, 0.2) is 24.5 Å².